The fourth-order valence-electron chi connectivity index (χ4n) is 2.60. The summed E-state index contributed by atoms with van der Waals surface area (Å²) in [4.78, 5) is 13.7. The molecule has 1 aliphatic heterocycles. The fraction of sp³-hybridized carbons (Fsp3) is 0.643. The van der Waals surface area contributed by atoms with Gasteiger partial charge in [-0.2, -0.15) is 0 Å². The molecule has 0 aromatic carbocycles. The minimum atomic E-state index is 0.104. The third kappa shape index (κ3) is 3.13. The third-order valence-electron chi connectivity index (χ3n) is 3.75. The average molecular weight is 250 g/mol. The van der Waals surface area contributed by atoms with E-state index in [0.717, 1.165) is 31.2 Å². The van der Waals surface area contributed by atoms with Crippen LogP contribution in [0.1, 0.15) is 38.0 Å². The van der Waals surface area contributed by atoms with E-state index in [0.29, 0.717) is 12.5 Å². The van der Waals surface area contributed by atoms with E-state index in [1.807, 2.05) is 12.1 Å². The highest BCUT2D eigenvalue weighted by Crippen LogP contribution is 2.34. The Morgan fingerprint density at radius 3 is 3.11 bits per heavy atom. The normalized spacial score (nSPS) is 25.0. The van der Waals surface area contributed by atoms with Crippen molar-refractivity contribution in [3.63, 3.8) is 0 Å². The van der Waals surface area contributed by atoms with Gasteiger partial charge in [0.1, 0.15) is 5.76 Å². The van der Waals surface area contributed by atoms with E-state index in [9.17, 15) is 4.79 Å². The Morgan fingerprint density at radius 2 is 2.44 bits per heavy atom. The van der Waals surface area contributed by atoms with Gasteiger partial charge in [0, 0.05) is 20.0 Å². The second-order valence-corrected chi connectivity index (χ2v) is 5.12. The SMILES string of the molecule is CNC(=O)CCN1CC[C@H](C)C[C@@H]1c1ccco1. The van der Waals surface area contributed by atoms with Gasteiger partial charge >= 0.3 is 0 Å². The molecule has 100 valence electrons. The van der Waals surface area contributed by atoms with Crippen molar-refractivity contribution in [2.75, 3.05) is 20.1 Å². The van der Waals surface area contributed by atoms with Crippen LogP contribution in [0.15, 0.2) is 22.8 Å². The second-order valence-electron chi connectivity index (χ2n) is 5.12. The molecule has 1 amide bonds. The van der Waals surface area contributed by atoms with Gasteiger partial charge in [-0.25, -0.2) is 0 Å². The van der Waals surface area contributed by atoms with Gasteiger partial charge in [-0.15, -0.1) is 0 Å². The number of carbonyl (C=O) groups is 1. The zero-order valence-corrected chi connectivity index (χ0v) is 11.2. The molecule has 0 radical (unpaired) electrons. The van der Waals surface area contributed by atoms with Crippen LogP contribution in [0.3, 0.4) is 0 Å². The maximum Gasteiger partial charge on any atom is 0.221 e. The van der Waals surface area contributed by atoms with Gasteiger partial charge in [-0.3, -0.25) is 9.69 Å². The highest BCUT2D eigenvalue weighted by molar-refractivity contribution is 5.75. The minimum Gasteiger partial charge on any atom is -0.468 e. The van der Waals surface area contributed by atoms with E-state index < -0.39 is 0 Å². The standard InChI is InChI=1S/C14H22N2O2/c1-11-5-7-16(8-6-14(17)15-2)12(10-11)13-4-3-9-18-13/h3-4,9,11-12H,5-8,10H2,1-2H3,(H,15,17)/t11-,12+/m0/s1. The van der Waals surface area contributed by atoms with Crippen molar-refractivity contribution >= 4 is 5.91 Å². The predicted molar refractivity (Wildman–Crippen MR) is 70.1 cm³/mol. The molecule has 0 bridgehead atoms. The summed E-state index contributed by atoms with van der Waals surface area (Å²) in [5.41, 5.74) is 0. The molecular weight excluding hydrogens is 228 g/mol. The molecule has 1 aromatic rings. The first-order valence-corrected chi connectivity index (χ1v) is 6.68. The molecule has 4 nitrogen and oxygen atoms in total. The van der Waals surface area contributed by atoms with Gasteiger partial charge in [0.05, 0.1) is 12.3 Å². The number of likely N-dealkylation sites (tertiary alicyclic amines) is 1. The van der Waals surface area contributed by atoms with Crippen LogP contribution in [0.4, 0.5) is 0 Å². The molecule has 1 aliphatic rings. The van der Waals surface area contributed by atoms with E-state index in [1.165, 1.54) is 6.42 Å². The molecule has 2 rings (SSSR count). The first kappa shape index (κ1) is 13.1. The van der Waals surface area contributed by atoms with E-state index in [4.69, 9.17) is 4.42 Å². The molecule has 1 saturated heterocycles. The van der Waals surface area contributed by atoms with Crippen molar-refractivity contribution in [3.8, 4) is 0 Å². The highest BCUT2D eigenvalue weighted by atomic mass is 16.3. The lowest BCUT2D eigenvalue weighted by Crippen LogP contribution is -2.38. The number of nitrogens with zero attached hydrogens (tertiary/aromatic N) is 1. The zero-order valence-electron chi connectivity index (χ0n) is 11.2. The van der Waals surface area contributed by atoms with Crippen LogP contribution in [-0.2, 0) is 4.79 Å². The molecule has 0 unspecified atom stereocenters. The largest absolute Gasteiger partial charge is 0.468 e. The molecule has 0 saturated carbocycles. The van der Waals surface area contributed by atoms with Gasteiger partial charge < -0.3 is 9.73 Å². The van der Waals surface area contributed by atoms with Crippen LogP contribution in [0.2, 0.25) is 0 Å². The van der Waals surface area contributed by atoms with Crippen molar-refractivity contribution in [2.45, 2.75) is 32.2 Å². The quantitative estimate of drug-likeness (QED) is 0.891. The lowest BCUT2D eigenvalue weighted by atomic mass is 9.91. The maximum atomic E-state index is 11.4. The number of piperidine rings is 1. The number of hydrogen-bond acceptors (Lipinski definition) is 3. The lowest BCUT2D eigenvalue weighted by Gasteiger charge is -2.37. The summed E-state index contributed by atoms with van der Waals surface area (Å²) in [6, 6.07) is 4.30. The summed E-state index contributed by atoms with van der Waals surface area (Å²) >= 11 is 0. The number of nitrogens with one attached hydrogen (secondary N) is 1. The smallest absolute Gasteiger partial charge is 0.221 e. The summed E-state index contributed by atoms with van der Waals surface area (Å²) < 4.78 is 5.54. The Hall–Kier alpha value is -1.29. The van der Waals surface area contributed by atoms with Gasteiger partial charge in [-0.05, 0) is 37.4 Å². The molecule has 0 aliphatic carbocycles. The Kier molecular flexibility index (Phi) is 4.42. The maximum absolute atomic E-state index is 11.4. The van der Waals surface area contributed by atoms with Crippen LogP contribution >= 0.6 is 0 Å². The topological polar surface area (TPSA) is 45.5 Å². The van der Waals surface area contributed by atoms with Crippen LogP contribution < -0.4 is 5.32 Å². The lowest BCUT2D eigenvalue weighted by molar-refractivity contribution is -0.121. The van der Waals surface area contributed by atoms with Crippen molar-refractivity contribution in [2.24, 2.45) is 5.92 Å². The van der Waals surface area contributed by atoms with Gasteiger partial charge in [0.25, 0.3) is 0 Å². The van der Waals surface area contributed by atoms with E-state index in [-0.39, 0.29) is 5.91 Å². The Morgan fingerprint density at radius 1 is 1.61 bits per heavy atom. The van der Waals surface area contributed by atoms with E-state index >= 15 is 0 Å². The van der Waals surface area contributed by atoms with E-state index in [1.54, 1.807) is 13.3 Å². The molecule has 0 spiro atoms. The first-order valence-electron chi connectivity index (χ1n) is 6.68. The van der Waals surface area contributed by atoms with Crippen molar-refractivity contribution < 1.29 is 9.21 Å². The second kappa shape index (κ2) is 6.05. The Labute approximate surface area is 108 Å². The van der Waals surface area contributed by atoms with E-state index in [2.05, 4.69) is 17.1 Å². The highest BCUT2D eigenvalue weighted by Gasteiger charge is 2.29. The van der Waals surface area contributed by atoms with Gasteiger partial charge in [0.15, 0.2) is 0 Å². The molecule has 18 heavy (non-hydrogen) atoms. The zero-order chi connectivity index (χ0) is 13.0. The summed E-state index contributed by atoms with van der Waals surface area (Å²) in [7, 11) is 1.69. The number of furan rings is 1. The molecule has 1 N–H and O–H groups in total. The van der Waals surface area contributed by atoms with Crippen molar-refractivity contribution in [3.05, 3.63) is 24.2 Å². The van der Waals surface area contributed by atoms with Gasteiger partial charge in [0.2, 0.25) is 5.91 Å². The number of amides is 1. The van der Waals surface area contributed by atoms with Gasteiger partial charge in [-0.1, -0.05) is 6.92 Å². The fourth-order valence-corrected chi connectivity index (χ4v) is 2.60. The first-order chi connectivity index (χ1) is 8.70. The summed E-state index contributed by atoms with van der Waals surface area (Å²) in [5, 5.41) is 2.67. The molecule has 2 atom stereocenters. The van der Waals surface area contributed by atoms with Crippen LogP contribution in [-0.4, -0.2) is 30.9 Å². The molecule has 1 aromatic heterocycles. The number of carbonyl (C=O) groups excluding carboxylic acids is 1. The van der Waals surface area contributed by atoms with Crippen LogP contribution in [0, 0.1) is 5.92 Å². The number of rotatable bonds is 4. The van der Waals surface area contributed by atoms with Crippen LogP contribution in [0.5, 0.6) is 0 Å². The summed E-state index contributed by atoms with van der Waals surface area (Å²) in [5.74, 6) is 1.85. The third-order valence-corrected chi connectivity index (χ3v) is 3.75. The number of hydrogen-bond donors (Lipinski definition) is 1. The molecular formula is C14H22N2O2. The summed E-state index contributed by atoms with van der Waals surface area (Å²) in [6.07, 6.45) is 4.60. The predicted octanol–water partition coefficient (Wildman–Crippen LogP) is 2.19. The molecule has 2 heterocycles. The van der Waals surface area contributed by atoms with Crippen molar-refractivity contribution in [1.29, 1.82) is 0 Å². The Balaban J connectivity index is 2.00. The average Bonchev–Trinajstić information content (AvgIpc) is 2.90. The minimum absolute atomic E-state index is 0.104. The van der Waals surface area contributed by atoms with Crippen LogP contribution in [0.25, 0.3) is 0 Å². The molecule has 4 heteroatoms. The molecule has 1 fully saturated rings. The van der Waals surface area contributed by atoms with Crippen molar-refractivity contribution in [1.82, 2.24) is 10.2 Å². The monoisotopic (exact) mass is 250 g/mol. The Bertz CT molecular complexity index is 375. The summed E-state index contributed by atoms with van der Waals surface area (Å²) in [6.45, 7) is 4.13.